The molecule has 0 aliphatic carbocycles. The lowest BCUT2D eigenvalue weighted by atomic mass is 10.0. The van der Waals surface area contributed by atoms with Crippen LogP contribution >= 0.6 is 34.8 Å². The highest BCUT2D eigenvalue weighted by molar-refractivity contribution is 7.90. The molecule has 1 N–H and O–H groups in total. The first-order chi connectivity index (χ1) is 16.2. The van der Waals surface area contributed by atoms with Gasteiger partial charge in [-0.3, -0.25) is 4.99 Å². The number of aliphatic imine (C=N–C) groups is 1. The number of nitrogens with one attached hydrogen (secondary N) is 1. The van der Waals surface area contributed by atoms with Crippen LogP contribution in [0.4, 0.5) is 0 Å². The van der Waals surface area contributed by atoms with E-state index in [2.05, 4.69) is 14.8 Å². The van der Waals surface area contributed by atoms with Crippen molar-refractivity contribution in [2.75, 3.05) is 7.05 Å². The predicted octanol–water partition coefficient (Wildman–Crippen LogP) is 6.30. The quantitative estimate of drug-likeness (QED) is 0.247. The lowest BCUT2D eigenvalue weighted by Gasteiger charge is -2.10. The van der Waals surface area contributed by atoms with Gasteiger partial charge in [-0.25, -0.2) is 17.8 Å². The number of hydrogen-bond donors (Lipinski definition) is 1. The van der Waals surface area contributed by atoms with Gasteiger partial charge in [0.1, 0.15) is 5.69 Å². The number of benzene rings is 3. The van der Waals surface area contributed by atoms with Crippen LogP contribution in [0, 0.1) is 6.92 Å². The molecular weight excluding hydrogens is 515 g/mol. The SMILES string of the molecule is CN=C(NS(=O)(=O)c1ccc(C)cc1)n1cc(-c2ccc(Cl)cc2Cl)c(-c2ccc(Cl)cc2)n1. The summed E-state index contributed by atoms with van der Waals surface area (Å²) < 4.78 is 29.8. The van der Waals surface area contributed by atoms with Crippen molar-refractivity contribution >= 4 is 50.8 Å². The van der Waals surface area contributed by atoms with Crippen LogP contribution in [-0.2, 0) is 10.0 Å². The molecule has 0 atom stereocenters. The van der Waals surface area contributed by atoms with E-state index < -0.39 is 10.0 Å². The molecule has 0 spiro atoms. The first-order valence-corrected chi connectivity index (χ1v) is 12.7. The van der Waals surface area contributed by atoms with Gasteiger partial charge in [0.05, 0.1) is 9.92 Å². The van der Waals surface area contributed by atoms with Gasteiger partial charge in [0.25, 0.3) is 10.0 Å². The van der Waals surface area contributed by atoms with Gasteiger partial charge in [0.2, 0.25) is 5.96 Å². The summed E-state index contributed by atoms with van der Waals surface area (Å²) in [5.41, 5.74) is 3.63. The second-order valence-corrected chi connectivity index (χ2v) is 10.4. The zero-order valence-electron chi connectivity index (χ0n) is 18.1. The molecule has 10 heteroatoms. The summed E-state index contributed by atoms with van der Waals surface area (Å²) in [6, 6.07) is 18.8. The van der Waals surface area contributed by atoms with Crippen molar-refractivity contribution in [2.24, 2.45) is 4.99 Å². The molecule has 0 fully saturated rings. The van der Waals surface area contributed by atoms with Gasteiger partial charge in [0, 0.05) is 40.0 Å². The Morgan fingerprint density at radius 3 is 2.18 bits per heavy atom. The van der Waals surface area contributed by atoms with E-state index in [1.54, 1.807) is 48.7 Å². The molecule has 0 aliphatic heterocycles. The number of aryl methyl sites for hydroxylation is 1. The molecular formula is C24H19Cl3N4O2S. The van der Waals surface area contributed by atoms with Crippen molar-refractivity contribution < 1.29 is 8.42 Å². The predicted molar refractivity (Wildman–Crippen MR) is 138 cm³/mol. The first kappa shape index (κ1) is 24.3. The number of sulfonamides is 1. The van der Waals surface area contributed by atoms with Crippen molar-refractivity contribution in [3.63, 3.8) is 0 Å². The van der Waals surface area contributed by atoms with Gasteiger partial charge >= 0.3 is 0 Å². The summed E-state index contributed by atoms with van der Waals surface area (Å²) in [7, 11) is -2.41. The third-order valence-corrected chi connectivity index (χ3v) is 7.18. The fraction of sp³-hybridized carbons (Fsp3) is 0.0833. The summed E-state index contributed by atoms with van der Waals surface area (Å²) in [4.78, 5) is 4.25. The van der Waals surface area contributed by atoms with Crippen LogP contribution in [0.15, 0.2) is 82.8 Å². The van der Waals surface area contributed by atoms with E-state index in [1.165, 1.54) is 23.9 Å². The molecule has 34 heavy (non-hydrogen) atoms. The third kappa shape index (κ3) is 5.13. The van der Waals surface area contributed by atoms with E-state index in [1.807, 2.05) is 19.1 Å². The molecule has 0 saturated carbocycles. The van der Waals surface area contributed by atoms with E-state index in [0.717, 1.165) is 11.1 Å². The van der Waals surface area contributed by atoms with Crippen LogP contribution in [0.5, 0.6) is 0 Å². The number of hydrogen-bond acceptors (Lipinski definition) is 4. The Labute approximate surface area is 212 Å². The van der Waals surface area contributed by atoms with Gasteiger partial charge in [0.15, 0.2) is 0 Å². The molecule has 0 saturated heterocycles. The van der Waals surface area contributed by atoms with E-state index >= 15 is 0 Å². The Hall–Kier alpha value is -2.84. The molecule has 0 unspecified atom stereocenters. The van der Waals surface area contributed by atoms with Gasteiger partial charge in [-0.15, -0.1) is 0 Å². The first-order valence-electron chi connectivity index (χ1n) is 10.1. The summed E-state index contributed by atoms with van der Waals surface area (Å²) in [6.45, 7) is 1.88. The molecule has 0 bridgehead atoms. The highest BCUT2D eigenvalue weighted by atomic mass is 35.5. The zero-order valence-corrected chi connectivity index (χ0v) is 21.2. The van der Waals surface area contributed by atoms with Crippen molar-refractivity contribution in [1.29, 1.82) is 0 Å². The van der Waals surface area contributed by atoms with Gasteiger partial charge < -0.3 is 0 Å². The monoisotopic (exact) mass is 532 g/mol. The normalized spacial score (nSPS) is 12.1. The average molecular weight is 534 g/mol. The molecule has 0 aliphatic rings. The van der Waals surface area contributed by atoms with Crippen molar-refractivity contribution in [2.45, 2.75) is 11.8 Å². The van der Waals surface area contributed by atoms with E-state index in [9.17, 15) is 8.42 Å². The molecule has 0 amide bonds. The van der Waals surface area contributed by atoms with E-state index in [0.29, 0.717) is 31.9 Å². The lowest BCUT2D eigenvalue weighted by Crippen LogP contribution is -2.36. The van der Waals surface area contributed by atoms with E-state index in [-0.39, 0.29) is 10.9 Å². The van der Waals surface area contributed by atoms with Crippen LogP contribution in [0.2, 0.25) is 15.1 Å². The van der Waals surface area contributed by atoms with Crippen molar-refractivity contribution in [3.8, 4) is 22.4 Å². The van der Waals surface area contributed by atoms with E-state index in [4.69, 9.17) is 34.8 Å². The number of rotatable bonds is 4. The minimum atomic E-state index is -3.89. The maximum absolute atomic E-state index is 13.0. The van der Waals surface area contributed by atoms with Crippen molar-refractivity contribution in [3.05, 3.63) is 93.6 Å². The maximum Gasteiger partial charge on any atom is 0.264 e. The highest BCUT2D eigenvalue weighted by Crippen LogP contribution is 2.36. The number of aromatic nitrogens is 2. The summed E-state index contributed by atoms with van der Waals surface area (Å²) in [5, 5.41) is 6.14. The Kier molecular flexibility index (Phi) is 7.00. The van der Waals surface area contributed by atoms with Gasteiger partial charge in [-0.2, -0.15) is 5.10 Å². The zero-order chi connectivity index (χ0) is 24.5. The van der Waals surface area contributed by atoms with Crippen LogP contribution in [0.3, 0.4) is 0 Å². The van der Waals surface area contributed by atoms with Gasteiger partial charge in [-0.05, 0) is 43.3 Å². The number of halogens is 3. The van der Waals surface area contributed by atoms with Gasteiger partial charge in [-0.1, -0.05) is 70.7 Å². The molecule has 174 valence electrons. The fourth-order valence-corrected chi connectivity index (χ4v) is 4.97. The maximum atomic E-state index is 13.0. The Morgan fingerprint density at radius 1 is 0.912 bits per heavy atom. The summed E-state index contributed by atoms with van der Waals surface area (Å²) >= 11 is 18.6. The van der Waals surface area contributed by atoms with Crippen LogP contribution < -0.4 is 4.72 Å². The molecule has 4 aromatic rings. The average Bonchev–Trinajstić information content (AvgIpc) is 3.23. The molecule has 6 nitrogen and oxygen atoms in total. The molecule has 1 heterocycles. The second-order valence-electron chi connectivity index (χ2n) is 7.43. The minimum Gasteiger partial charge on any atom is -0.254 e. The fourth-order valence-electron chi connectivity index (χ4n) is 3.30. The Bertz CT molecular complexity index is 1480. The second kappa shape index (κ2) is 9.80. The summed E-state index contributed by atoms with van der Waals surface area (Å²) in [5.74, 6) is 0.0205. The van der Waals surface area contributed by atoms with Crippen molar-refractivity contribution in [1.82, 2.24) is 14.5 Å². The highest BCUT2D eigenvalue weighted by Gasteiger charge is 2.21. The summed E-state index contributed by atoms with van der Waals surface area (Å²) in [6.07, 6.45) is 1.67. The third-order valence-electron chi connectivity index (χ3n) is 5.04. The standard InChI is InChI=1S/C24H19Cl3N4O2S/c1-15-3-10-19(11-4-15)34(32,33)30-24(28-2)31-14-21(20-12-9-18(26)13-22(20)27)23(29-31)16-5-7-17(25)8-6-16/h3-14H,1-2H3,(H,28,30). The minimum absolute atomic E-state index is 0.0205. The molecule has 1 aromatic heterocycles. The number of nitrogens with zero attached hydrogens (tertiary/aromatic N) is 3. The lowest BCUT2D eigenvalue weighted by molar-refractivity contribution is 0.591. The Morgan fingerprint density at radius 2 is 1.56 bits per heavy atom. The Balaban J connectivity index is 1.81. The topological polar surface area (TPSA) is 76.3 Å². The largest absolute Gasteiger partial charge is 0.264 e. The molecule has 3 aromatic carbocycles. The van der Waals surface area contributed by atoms with Crippen LogP contribution in [-0.4, -0.2) is 31.2 Å². The van der Waals surface area contributed by atoms with Crippen LogP contribution in [0.25, 0.3) is 22.4 Å². The molecule has 0 radical (unpaired) electrons. The molecule has 4 rings (SSSR count). The van der Waals surface area contributed by atoms with Crippen LogP contribution in [0.1, 0.15) is 5.56 Å². The smallest absolute Gasteiger partial charge is 0.254 e.